The molecule has 5 heterocycles. The lowest BCUT2D eigenvalue weighted by Crippen LogP contribution is -2.34. The van der Waals surface area contributed by atoms with Crippen molar-refractivity contribution in [3.63, 3.8) is 0 Å². The Bertz CT molecular complexity index is 4690. The Morgan fingerprint density at radius 3 is 1.25 bits per heavy atom. The molecular weight excluding hydrogens is 1440 g/mol. The Balaban J connectivity index is 0.000000346. The summed E-state index contributed by atoms with van der Waals surface area (Å²) in [4.78, 5) is 75.7. The maximum Gasteiger partial charge on any atom is 0.412 e. The lowest BCUT2D eigenvalue weighted by Gasteiger charge is -2.19. The van der Waals surface area contributed by atoms with Crippen LogP contribution in [0.5, 0.6) is 0 Å². The molecule has 1 unspecified atom stereocenters. The fourth-order valence-electron chi connectivity index (χ4n) is 8.59. The number of hydrogen-bond donors (Lipinski definition) is 12. The average Bonchev–Trinajstić information content (AvgIpc) is 1.67. The summed E-state index contributed by atoms with van der Waals surface area (Å²) in [6.45, 7) is 31.8. The van der Waals surface area contributed by atoms with E-state index < -0.39 is 59.4 Å². The van der Waals surface area contributed by atoms with E-state index in [2.05, 4.69) is 91.5 Å². The molecule has 10 rings (SSSR count). The number of ether oxygens (including phenoxy) is 6. The number of aryl methyl sites for hydroxylation is 1. The highest BCUT2D eigenvalue weighted by Gasteiger charge is 2.22. The van der Waals surface area contributed by atoms with Crippen molar-refractivity contribution >= 4 is 93.0 Å². The van der Waals surface area contributed by atoms with E-state index in [0.29, 0.717) is 76.7 Å². The van der Waals surface area contributed by atoms with Crippen molar-refractivity contribution in [2.24, 2.45) is 17.2 Å². The maximum atomic E-state index is 11.7. The Kier molecular flexibility index (Phi) is 35.6. The quantitative estimate of drug-likeness (QED) is 0.0258. The van der Waals surface area contributed by atoms with Crippen LogP contribution >= 0.6 is 0 Å². The predicted molar refractivity (Wildman–Crippen MR) is 435 cm³/mol. The number of amides is 5. The Labute approximate surface area is 652 Å². The molecule has 0 bridgehead atoms. The molecule has 0 aliphatic carbocycles. The van der Waals surface area contributed by atoms with Gasteiger partial charge in [0.05, 0.1) is 17.5 Å². The summed E-state index contributed by atoms with van der Waals surface area (Å²) in [5, 5.41) is 29.1. The van der Waals surface area contributed by atoms with Crippen molar-refractivity contribution < 1.29 is 52.4 Å². The lowest BCUT2D eigenvalue weighted by molar-refractivity contribution is -0.282. The van der Waals surface area contributed by atoms with E-state index in [4.69, 9.17) is 84.8 Å². The second kappa shape index (κ2) is 43.0. The summed E-state index contributed by atoms with van der Waals surface area (Å²) in [6.07, 6.45) is 4.45. The number of nitrogens with one attached hydrogen (secondary N) is 3. The van der Waals surface area contributed by atoms with Crippen molar-refractivity contribution in [2.75, 3.05) is 70.2 Å². The zero-order chi connectivity index (χ0) is 83.1. The number of aromatic nitrogens is 10. The van der Waals surface area contributed by atoms with Crippen molar-refractivity contribution in [1.29, 1.82) is 10.5 Å². The van der Waals surface area contributed by atoms with Crippen LogP contribution in [0.3, 0.4) is 0 Å². The molecule has 112 heavy (non-hydrogen) atoms. The van der Waals surface area contributed by atoms with Gasteiger partial charge in [0.2, 0.25) is 5.91 Å². The lowest BCUT2D eigenvalue weighted by atomic mass is 9.92. The minimum Gasteiger partial charge on any atom is -0.444 e. The fourth-order valence-corrected chi connectivity index (χ4v) is 8.59. The van der Waals surface area contributed by atoms with Gasteiger partial charge in [0.1, 0.15) is 65.6 Å². The minimum absolute atomic E-state index is 0. The molecule has 21 N–H and O–H groups in total. The molecule has 0 saturated carbocycles. The number of nitrogens with two attached hydrogens (primary N) is 9. The Morgan fingerprint density at radius 2 is 0.893 bits per heavy atom. The highest BCUT2D eigenvalue weighted by Crippen LogP contribution is 2.27. The summed E-state index contributed by atoms with van der Waals surface area (Å²) in [5.41, 5.74) is 57.7. The first-order valence-electron chi connectivity index (χ1n) is 34.4. The van der Waals surface area contributed by atoms with Gasteiger partial charge in [0.25, 0.3) is 12.4 Å². The van der Waals surface area contributed by atoms with Gasteiger partial charge in [-0.2, -0.15) is 15.6 Å². The van der Waals surface area contributed by atoms with Gasteiger partial charge < -0.3 is 80.0 Å². The van der Waals surface area contributed by atoms with E-state index in [0.717, 1.165) is 22.8 Å². The van der Waals surface area contributed by atoms with Crippen molar-refractivity contribution in [1.82, 2.24) is 48.4 Å². The standard InChI is InChI=1S/C15H19N5O3.C15H17N5O2.C14H19N3.C11H10N6.C11H16N2O2.C7H16O3.C3H5N3O.CH4/c1-15(2,3)23-14(22)19-9-4-6-10(7-5-9)20-8-18-11(12(20)16)13(17)21;1-15(2,3)22-14(21)19-10-4-6-11(7-5-10)20-9-18-12(8-16)13(20)17;1-10-5-7-11(8-6-10)17-13(15)9-12(16-17)14(2,3)4;12-7-1-3-8(4-2-7)17-6-16-9-10(13)14-5-15-11(9)17;1-11(2,3)15-10(14)13-9-6-4-8(12)5-7-9;1-4-8-7(9-5-2)10-6-3;4-1-2(5)3(6)7;/h4-8H,16H2,1-3H3,(H2,17,21)(H,19,22);4-7,9H,17H2,1-3H3,(H,19,21);5-9H,15H2,1-4H3;1-6H,12H2,(H2,13,14,15);4-7H,12H2,1-3H3,(H,13,14);7H,4-6H2,1-3H3;2H,5H2,(H2,6,7);1H4. The van der Waals surface area contributed by atoms with E-state index in [1.54, 1.807) is 130 Å². The van der Waals surface area contributed by atoms with E-state index >= 15 is 0 Å². The molecule has 0 spiro atoms. The van der Waals surface area contributed by atoms with Gasteiger partial charge in [-0.1, -0.05) is 45.9 Å². The number of nitriles is 2. The van der Waals surface area contributed by atoms with Crippen molar-refractivity contribution in [3.8, 4) is 34.9 Å². The number of nitrogen functional groups attached to an aromatic ring is 6. The van der Waals surface area contributed by atoms with E-state index in [9.17, 15) is 24.0 Å². The monoisotopic (exact) mass is 1540 g/mol. The van der Waals surface area contributed by atoms with Gasteiger partial charge >= 0.3 is 18.3 Å². The van der Waals surface area contributed by atoms with Crippen LogP contribution in [-0.2, 0) is 38.6 Å². The Hall–Kier alpha value is -13.4. The molecule has 35 nitrogen and oxygen atoms in total. The molecule has 600 valence electrons. The van der Waals surface area contributed by atoms with Crippen LogP contribution < -0.4 is 67.6 Å². The largest absolute Gasteiger partial charge is 0.444 e. The number of hydrogen-bond acceptors (Lipinski definition) is 26. The molecule has 5 amide bonds. The smallest absolute Gasteiger partial charge is 0.412 e. The minimum atomic E-state index is -1.15. The Morgan fingerprint density at radius 1 is 0.509 bits per heavy atom. The zero-order valence-corrected chi connectivity index (χ0v) is 65.3. The first-order valence-corrected chi connectivity index (χ1v) is 34.4. The highest BCUT2D eigenvalue weighted by molar-refractivity contribution is 5.95. The summed E-state index contributed by atoms with van der Waals surface area (Å²) in [7, 11) is 0. The van der Waals surface area contributed by atoms with Crippen molar-refractivity contribution in [3.05, 3.63) is 175 Å². The molecule has 35 heteroatoms. The predicted octanol–water partition coefficient (Wildman–Crippen LogP) is 11.6. The summed E-state index contributed by atoms with van der Waals surface area (Å²) in [6, 6.07) is 40.4. The van der Waals surface area contributed by atoms with Crippen LogP contribution in [0.4, 0.5) is 66.1 Å². The van der Waals surface area contributed by atoms with Crippen LogP contribution in [0.15, 0.2) is 153 Å². The zero-order valence-electron chi connectivity index (χ0n) is 65.3. The second-order valence-corrected chi connectivity index (χ2v) is 27.5. The van der Waals surface area contributed by atoms with E-state index in [1.807, 2.05) is 94.6 Å². The molecule has 0 aliphatic rings. The highest BCUT2D eigenvalue weighted by atomic mass is 16.8. The maximum absolute atomic E-state index is 11.7. The van der Waals surface area contributed by atoms with Crippen LogP contribution in [0.1, 0.15) is 139 Å². The number of benzene rings is 5. The third-order valence-corrected chi connectivity index (χ3v) is 13.8. The SMILES string of the molecule is C.CC(C)(C)OC(=O)Nc1ccc(-n2cnc(C#N)c2N)cc1.CC(C)(C)OC(=O)Nc1ccc(-n2cnc(C(N)=O)c2N)cc1.CC(C)(C)OC(=O)Nc1ccc(N)cc1.CCOC(OCC)OCC.Cc1ccc(-n2nc(C(C)(C)C)cc2N)cc1.N#CC(N)C(N)=O.Nc1ccc(-n2cnc3c(N)ncnc32)cc1. The summed E-state index contributed by atoms with van der Waals surface area (Å²) in [5.74, 6) is 0.00985. The molecule has 5 aromatic heterocycles. The molecule has 10 aromatic rings. The van der Waals surface area contributed by atoms with E-state index in [1.165, 1.54) is 35.2 Å². The number of rotatable bonds is 15. The number of anilines is 9. The van der Waals surface area contributed by atoms with Crippen LogP contribution in [0.2, 0.25) is 0 Å². The first-order chi connectivity index (χ1) is 52.0. The van der Waals surface area contributed by atoms with Gasteiger partial charge in [0.15, 0.2) is 34.4 Å². The van der Waals surface area contributed by atoms with Gasteiger partial charge in [-0.05, 0) is 199 Å². The number of carbonyl (C=O) groups is 5. The van der Waals surface area contributed by atoms with Gasteiger partial charge in [-0.25, -0.2) is 44.0 Å². The molecule has 0 fully saturated rings. The number of fused-ring (bicyclic) bond motifs is 1. The topological polar surface area (TPSA) is 556 Å². The second-order valence-electron chi connectivity index (χ2n) is 27.5. The van der Waals surface area contributed by atoms with Crippen LogP contribution in [0, 0.1) is 29.6 Å². The van der Waals surface area contributed by atoms with Crippen molar-refractivity contribution in [2.45, 2.75) is 153 Å². The molecule has 5 aromatic carbocycles. The fraction of sp³-hybridized carbons (Fsp3) is 0.338. The molecule has 0 radical (unpaired) electrons. The van der Waals surface area contributed by atoms with Gasteiger partial charge in [0, 0.05) is 76.8 Å². The van der Waals surface area contributed by atoms with Crippen LogP contribution in [0.25, 0.3) is 33.9 Å². The molecule has 0 aliphatic heterocycles. The third kappa shape index (κ3) is 31.5. The average molecular weight is 1540 g/mol. The third-order valence-electron chi connectivity index (χ3n) is 13.8. The van der Waals surface area contributed by atoms with Crippen LogP contribution in [-0.4, -0.2) is 128 Å². The number of imidazole rings is 3. The number of primary amides is 2. The normalized spacial score (nSPS) is 11.0. The van der Waals surface area contributed by atoms with Gasteiger partial charge in [-0.3, -0.25) is 39.2 Å². The number of nitrogens with zero attached hydrogens (tertiary/aromatic N) is 12. The summed E-state index contributed by atoms with van der Waals surface area (Å²) >= 11 is 0. The van der Waals surface area contributed by atoms with E-state index in [-0.39, 0.29) is 35.9 Å². The molecule has 0 saturated heterocycles. The summed E-state index contributed by atoms with van der Waals surface area (Å²) < 4.78 is 37.4. The first kappa shape index (κ1) is 92.9. The molecule has 1 atom stereocenters. The van der Waals surface area contributed by atoms with Gasteiger partial charge in [-0.15, -0.1) is 0 Å². The number of carbonyl (C=O) groups excluding carboxylic acids is 5. The molecular formula is C77H106N24O11.